The van der Waals surface area contributed by atoms with Gasteiger partial charge in [-0.25, -0.2) is 9.97 Å². The summed E-state index contributed by atoms with van der Waals surface area (Å²) < 4.78 is 0. The first-order valence-electron chi connectivity index (χ1n) is 7.00. The van der Waals surface area contributed by atoms with Crippen LogP contribution < -0.4 is 5.32 Å². The zero-order chi connectivity index (χ0) is 14.8. The van der Waals surface area contributed by atoms with E-state index in [9.17, 15) is 0 Å². The second-order valence-corrected chi connectivity index (χ2v) is 7.82. The second-order valence-electron chi connectivity index (χ2n) is 5.99. The summed E-state index contributed by atoms with van der Waals surface area (Å²) in [6, 6.07) is 0.325. The standard InChI is InChI=1S/C15H23N3S2/c1-6-16-11(14-10(2)17-9-20-14)7-13-18-12(8-19-13)15(3,4)5/h8-9,11,16H,6-7H2,1-5H3. The van der Waals surface area contributed by atoms with E-state index in [1.54, 1.807) is 22.7 Å². The van der Waals surface area contributed by atoms with Crippen molar-refractivity contribution in [1.29, 1.82) is 0 Å². The smallest absolute Gasteiger partial charge is 0.0947 e. The Balaban J connectivity index is 2.17. The van der Waals surface area contributed by atoms with Gasteiger partial charge in [-0.1, -0.05) is 27.7 Å². The largest absolute Gasteiger partial charge is 0.309 e. The molecule has 0 radical (unpaired) electrons. The maximum Gasteiger partial charge on any atom is 0.0947 e. The Hall–Kier alpha value is -0.780. The first-order valence-corrected chi connectivity index (χ1v) is 8.76. The summed E-state index contributed by atoms with van der Waals surface area (Å²) in [5.41, 5.74) is 4.38. The van der Waals surface area contributed by atoms with Crippen LogP contribution in [0.15, 0.2) is 10.9 Å². The molecule has 1 unspecified atom stereocenters. The van der Waals surface area contributed by atoms with Crippen molar-refractivity contribution in [2.24, 2.45) is 0 Å². The van der Waals surface area contributed by atoms with Crippen molar-refractivity contribution in [2.75, 3.05) is 6.54 Å². The fourth-order valence-corrected chi connectivity index (χ4v) is 4.02. The van der Waals surface area contributed by atoms with Crippen LogP contribution in [-0.4, -0.2) is 16.5 Å². The summed E-state index contributed by atoms with van der Waals surface area (Å²) in [5.74, 6) is 0. The number of aryl methyl sites for hydroxylation is 1. The van der Waals surface area contributed by atoms with Gasteiger partial charge in [0.05, 0.1) is 21.9 Å². The molecule has 20 heavy (non-hydrogen) atoms. The molecule has 0 aliphatic heterocycles. The molecule has 5 heteroatoms. The Bertz CT molecular complexity index is 551. The molecule has 2 aromatic rings. The molecule has 0 aliphatic rings. The monoisotopic (exact) mass is 309 g/mol. The molecule has 0 spiro atoms. The van der Waals surface area contributed by atoms with Crippen LogP contribution in [0.25, 0.3) is 0 Å². The van der Waals surface area contributed by atoms with Crippen LogP contribution in [-0.2, 0) is 11.8 Å². The Morgan fingerprint density at radius 3 is 2.55 bits per heavy atom. The fourth-order valence-electron chi connectivity index (χ4n) is 2.07. The number of thiazole rings is 2. The minimum Gasteiger partial charge on any atom is -0.309 e. The highest BCUT2D eigenvalue weighted by Crippen LogP contribution is 2.29. The van der Waals surface area contributed by atoms with E-state index in [0.29, 0.717) is 6.04 Å². The molecule has 3 nitrogen and oxygen atoms in total. The van der Waals surface area contributed by atoms with Gasteiger partial charge < -0.3 is 5.32 Å². The molecule has 0 fully saturated rings. The summed E-state index contributed by atoms with van der Waals surface area (Å²) in [6.45, 7) is 11.8. The molecule has 110 valence electrons. The van der Waals surface area contributed by atoms with E-state index in [-0.39, 0.29) is 5.41 Å². The van der Waals surface area contributed by atoms with E-state index in [0.717, 1.165) is 18.7 Å². The van der Waals surface area contributed by atoms with Gasteiger partial charge in [0.2, 0.25) is 0 Å². The van der Waals surface area contributed by atoms with Crippen LogP contribution in [0.5, 0.6) is 0 Å². The van der Waals surface area contributed by atoms with E-state index in [1.165, 1.54) is 15.6 Å². The molecule has 2 heterocycles. The molecule has 0 saturated heterocycles. The first kappa shape index (κ1) is 15.6. The minimum absolute atomic E-state index is 0.128. The summed E-state index contributed by atoms with van der Waals surface area (Å²) in [6.07, 6.45) is 0.942. The van der Waals surface area contributed by atoms with Crippen molar-refractivity contribution in [3.05, 3.63) is 32.2 Å². The normalized spacial score (nSPS) is 13.7. The summed E-state index contributed by atoms with van der Waals surface area (Å²) in [7, 11) is 0. The van der Waals surface area contributed by atoms with Crippen molar-refractivity contribution in [1.82, 2.24) is 15.3 Å². The van der Waals surface area contributed by atoms with Crippen molar-refractivity contribution in [2.45, 2.75) is 52.5 Å². The van der Waals surface area contributed by atoms with Gasteiger partial charge in [-0.2, -0.15) is 0 Å². The maximum absolute atomic E-state index is 4.81. The third-order valence-corrected chi connectivity index (χ3v) is 5.16. The van der Waals surface area contributed by atoms with E-state index < -0.39 is 0 Å². The average Bonchev–Trinajstić information content (AvgIpc) is 2.96. The molecule has 0 aliphatic carbocycles. The number of rotatable bonds is 5. The van der Waals surface area contributed by atoms with Crippen molar-refractivity contribution < 1.29 is 0 Å². The predicted molar refractivity (Wildman–Crippen MR) is 87.8 cm³/mol. The lowest BCUT2D eigenvalue weighted by Crippen LogP contribution is -2.23. The van der Waals surface area contributed by atoms with Crippen LogP contribution in [0.4, 0.5) is 0 Å². The van der Waals surface area contributed by atoms with Gasteiger partial charge >= 0.3 is 0 Å². The lowest BCUT2D eigenvalue weighted by molar-refractivity contribution is 0.543. The van der Waals surface area contributed by atoms with Crippen LogP contribution in [0, 0.1) is 6.92 Å². The molecular formula is C15H23N3S2. The first-order chi connectivity index (χ1) is 9.41. The number of hydrogen-bond donors (Lipinski definition) is 1. The molecule has 0 aromatic carbocycles. The lowest BCUT2D eigenvalue weighted by Gasteiger charge is -2.16. The Labute approximate surface area is 129 Å². The molecule has 2 rings (SSSR count). The molecular weight excluding hydrogens is 286 g/mol. The number of hydrogen-bond acceptors (Lipinski definition) is 5. The highest BCUT2D eigenvalue weighted by atomic mass is 32.1. The van der Waals surface area contributed by atoms with Gasteiger partial charge in [-0.15, -0.1) is 22.7 Å². The van der Waals surface area contributed by atoms with Crippen molar-refractivity contribution >= 4 is 22.7 Å². The number of aromatic nitrogens is 2. The molecule has 0 bridgehead atoms. The fraction of sp³-hybridized carbons (Fsp3) is 0.600. The van der Waals surface area contributed by atoms with E-state index >= 15 is 0 Å². The Morgan fingerprint density at radius 2 is 2.05 bits per heavy atom. The van der Waals surface area contributed by atoms with Gasteiger partial charge in [-0.05, 0) is 13.5 Å². The Morgan fingerprint density at radius 1 is 1.30 bits per heavy atom. The molecule has 0 saturated carbocycles. The van der Waals surface area contributed by atoms with Crippen molar-refractivity contribution in [3.63, 3.8) is 0 Å². The van der Waals surface area contributed by atoms with Crippen LogP contribution in [0.1, 0.15) is 55.0 Å². The minimum atomic E-state index is 0.128. The summed E-state index contributed by atoms with van der Waals surface area (Å²) in [4.78, 5) is 10.5. The lowest BCUT2D eigenvalue weighted by atomic mass is 9.93. The zero-order valence-electron chi connectivity index (χ0n) is 12.9. The van der Waals surface area contributed by atoms with Gasteiger partial charge in [0.1, 0.15) is 0 Å². The molecule has 1 atom stereocenters. The third-order valence-electron chi connectivity index (χ3n) is 3.25. The zero-order valence-corrected chi connectivity index (χ0v) is 14.5. The maximum atomic E-state index is 4.81. The SMILES string of the molecule is CCNC(Cc1nc(C(C)(C)C)cs1)c1scnc1C. The molecule has 1 N–H and O–H groups in total. The predicted octanol–water partition coefficient (Wildman–Crippen LogP) is 4.10. The quantitative estimate of drug-likeness (QED) is 0.903. The molecule has 0 amide bonds. The third kappa shape index (κ3) is 3.65. The van der Waals surface area contributed by atoms with Gasteiger partial charge in [0, 0.05) is 28.1 Å². The number of nitrogens with zero attached hydrogens (tertiary/aromatic N) is 2. The topological polar surface area (TPSA) is 37.8 Å². The number of likely N-dealkylation sites (N-methyl/N-ethyl adjacent to an activating group) is 1. The second kappa shape index (κ2) is 6.33. The Kier molecular flexibility index (Phi) is 4.94. The highest BCUT2D eigenvalue weighted by molar-refractivity contribution is 7.10. The van der Waals surface area contributed by atoms with Gasteiger partial charge in [0.15, 0.2) is 0 Å². The number of nitrogens with one attached hydrogen (secondary N) is 1. The van der Waals surface area contributed by atoms with Crippen molar-refractivity contribution in [3.8, 4) is 0 Å². The van der Waals surface area contributed by atoms with Crippen LogP contribution in [0.2, 0.25) is 0 Å². The van der Waals surface area contributed by atoms with E-state index in [2.05, 4.69) is 50.3 Å². The summed E-state index contributed by atoms with van der Waals surface area (Å²) >= 11 is 3.50. The van der Waals surface area contributed by atoms with E-state index in [1.807, 2.05) is 5.51 Å². The van der Waals surface area contributed by atoms with Crippen LogP contribution in [0.3, 0.4) is 0 Å². The highest BCUT2D eigenvalue weighted by Gasteiger charge is 2.21. The van der Waals surface area contributed by atoms with Gasteiger partial charge in [-0.3, -0.25) is 0 Å². The van der Waals surface area contributed by atoms with Crippen LogP contribution >= 0.6 is 22.7 Å². The molecule has 2 aromatic heterocycles. The van der Waals surface area contributed by atoms with Gasteiger partial charge in [0.25, 0.3) is 0 Å². The van der Waals surface area contributed by atoms with E-state index in [4.69, 9.17) is 4.98 Å². The summed E-state index contributed by atoms with van der Waals surface area (Å²) in [5, 5.41) is 6.95. The average molecular weight is 310 g/mol.